The summed E-state index contributed by atoms with van der Waals surface area (Å²) < 4.78 is 0. The minimum absolute atomic E-state index is 0.801. The van der Waals surface area contributed by atoms with E-state index in [9.17, 15) is 0 Å². The molecule has 0 radical (unpaired) electrons. The van der Waals surface area contributed by atoms with Crippen LogP contribution in [0.4, 0.5) is 17.1 Å². The standard InChI is InChI=1S/C16H19N3/c1-18-15-10-14(17)7-6-13(15)11-19-9-8-12-4-2-3-5-16(12)19/h2-7,10,18H,8-9,11,17H2,1H3. The normalized spacial score (nSPS) is 13.4. The number of para-hydroxylation sites is 1. The highest BCUT2D eigenvalue weighted by atomic mass is 15.1. The van der Waals surface area contributed by atoms with Gasteiger partial charge in [0, 0.05) is 37.2 Å². The van der Waals surface area contributed by atoms with Crippen LogP contribution in [0.2, 0.25) is 0 Å². The summed E-state index contributed by atoms with van der Waals surface area (Å²) in [4.78, 5) is 2.43. The Bertz CT molecular complexity index is 592. The van der Waals surface area contributed by atoms with Crippen molar-refractivity contribution in [3.05, 3.63) is 53.6 Å². The van der Waals surface area contributed by atoms with E-state index in [2.05, 4.69) is 40.5 Å². The Morgan fingerprint density at radius 1 is 1.21 bits per heavy atom. The van der Waals surface area contributed by atoms with Crippen molar-refractivity contribution < 1.29 is 0 Å². The van der Waals surface area contributed by atoms with Crippen molar-refractivity contribution in [1.29, 1.82) is 0 Å². The summed E-state index contributed by atoms with van der Waals surface area (Å²) in [5.41, 5.74) is 11.8. The Morgan fingerprint density at radius 3 is 2.89 bits per heavy atom. The Balaban J connectivity index is 1.87. The van der Waals surface area contributed by atoms with Crippen LogP contribution >= 0.6 is 0 Å². The summed E-state index contributed by atoms with van der Waals surface area (Å²) in [6.45, 7) is 2.01. The molecule has 98 valence electrons. The van der Waals surface area contributed by atoms with Gasteiger partial charge in [0.1, 0.15) is 0 Å². The minimum atomic E-state index is 0.801. The Morgan fingerprint density at radius 2 is 2.05 bits per heavy atom. The predicted octanol–water partition coefficient (Wildman–Crippen LogP) is 2.87. The van der Waals surface area contributed by atoms with Crippen LogP contribution in [0.1, 0.15) is 11.1 Å². The van der Waals surface area contributed by atoms with Gasteiger partial charge in [0.2, 0.25) is 0 Å². The maximum atomic E-state index is 5.83. The molecular weight excluding hydrogens is 234 g/mol. The average molecular weight is 253 g/mol. The zero-order valence-corrected chi connectivity index (χ0v) is 11.2. The van der Waals surface area contributed by atoms with Crippen LogP contribution in [0.5, 0.6) is 0 Å². The Hall–Kier alpha value is -2.16. The molecule has 3 heteroatoms. The third-order valence-corrected chi connectivity index (χ3v) is 3.75. The summed E-state index contributed by atoms with van der Waals surface area (Å²) in [6.07, 6.45) is 1.14. The van der Waals surface area contributed by atoms with Crippen LogP contribution in [0.15, 0.2) is 42.5 Å². The fourth-order valence-corrected chi connectivity index (χ4v) is 2.74. The molecule has 3 nitrogen and oxygen atoms in total. The van der Waals surface area contributed by atoms with E-state index >= 15 is 0 Å². The van der Waals surface area contributed by atoms with Gasteiger partial charge in [0.05, 0.1) is 0 Å². The van der Waals surface area contributed by atoms with Gasteiger partial charge in [-0.3, -0.25) is 0 Å². The molecular formula is C16H19N3. The molecule has 0 atom stereocenters. The molecule has 19 heavy (non-hydrogen) atoms. The molecule has 2 aromatic rings. The van der Waals surface area contributed by atoms with Gasteiger partial charge in [-0.05, 0) is 35.7 Å². The van der Waals surface area contributed by atoms with Crippen molar-refractivity contribution >= 4 is 17.1 Å². The zero-order valence-electron chi connectivity index (χ0n) is 11.2. The molecule has 3 rings (SSSR count). The molecule has 0 saturated carbocycles. The smallest absolute Gasteiger partial charge is 0.0450 e. The van der Waals surface area contributed by atoms with Gasteiger partial charge in [-0.15, -0.1) is 0 Å². The summed E-state index contributed by atoms with van der Waals surface area (Å²) >= 11 is 0. The quantitative estimate of drug-likeness (QED) is 0.826. The molecule has 1 heterocycles. The van der Waals surface area contributed by atoms with Gasteiger partial charge in [-0.1, -0.05) is 24.3 Å². The van der Waals surface area contributed by atoms with E-state index in [1.54, 1.807) is 0 Å². The molecule has 0 bridgehead atoms. The number of rotatable bonds is 3. The first-order valence-electron chi connectivity index (χ1n) is 6.67. The molecule has 0 aliphatic carbocycles. The van der Waals surface area contributed by atoms with Crippen LogP contribution in [0, 0.1) is 0 Å². The van der Waals surface area contributed by atoms with Crippen LogP contribution in [-0.2, 0) is 13.0 Å². The molecule has 2 aromatic carbocycles. The van der Waals surface area contributed by atoms with Crippen molar-refractivity contribution in [3.63, 3.8) is 0 Å². The summed E-state index contributed by atoms with van der Waals surface area (Å²) in [7, 11) is 1.94. The number of hydrogen-bond donors (Lipinski definition) is 2. The van der Waals surface area contributed by atoms with E-state index in [-0.39, 0.29) is 0 Å². The van der Waals surface area contributed by atoms with Crippen molar-refractivity contribution in [2.45, 2.75) is 13.0 Å². The second-order valence-corrected chi connectivity index (χ2v) is 4.97. The van der Waals surface area contributed by atoms with E-state index in [1.807, 2.05) is 19.2 Å². The van der Waals surface area contributed by atoms with E-state index in [0.717, 1.165) is 30.9 Å². The molecule has 0 aromatic heterocycles. The molecule has 0 amide bonds. The van der Waals surface area contributed by atoms with E-state index in [0.29, 0.717) is 0 Å². The van der Waals surface area contributed by atoms with Gasteiger partial charge < -0.3 is 16.0 Å². The lowest BCUT2D eigenvalue weighted by atomic mass is 10.1. The maximum Gasteiger partial charge on any atom is 0.0450 e. The molecule has 0 spiro atoms. The minimum Gasteiger partial charge on any atom is -0.399 e. The fraction of sp³-hybridized carbons (Fsp3) is 0.250. The lowest BCUT2D eigenvalue weighted by Gasteiger charge is -2.21. The monoisotopic (exact) mass is 253 g/mol. The van der Waals surface area contributed by atoms with Crippen molar-refractivity contribution in [1.82, 2.24) is 0 Å². The fourth-order valence-electron chi connectivity index (χ4n) is 2.74. The lowest BCUT2D eigenvalue weighted by molar-refractivity contribution is 0.837. The summed E-state index contributed by atoms with van der Waals surface area (Å²) in [6, 6.07) is 14.7. The molecule has 1 aliphatic rings. The number of fused-ring (bicyclic) bond motifs is 1. The van der Waals surface area contributed by atoms with Crippen LogP contribution in [0.25, 0.3) is 0 Å². The Kier molecular flexibility index (Phi) is 3.03. The van der Waals surface area contributed by atoms with Gasteiger partial charge >= 0.3 is 0 Å². The van der Waals surface area contributed by atoms with Gasteiger partial charge in [0.25, 0.3) is 0 Å². The summed E-state index contributed by atoms with van der Waals surface area (Å²) in [5.74, 6) is 0. The molecule has 0 saturated heterocycles. The number of benzene rings is 2. The molecule has 0 unspecified atom stereocenters. The first-order valence-corrected chi connectivity index (χ1v) is 6.67. The van der Waals surface area contributed by atoms with Crippen molar-refractivity contribution in [2.24, 2.45) is 0 Å². The van der Waals surface area contributed by atoms with E-state index < -0.39 is 0 Å². The summed E-state index contributed by atoms with van der Waals surface area (Å²) in [5, 5.41) is 3.23. The van der Waals surface area contributed by atoms with E-state index in [4.69, 9.17) is 5.73 Å². The molecule has 0 fully saturated rings. The number of hydrogen-bond acceptors (Lipinski definition) is 3. The first kappa shape index (κ1) is 11.9. The Labute approximate surface area is 114 Å². The molecule has 3 N–H and O–H groups in total. The van der Waals surface area contributed by atoms with Gasteiger partial charge in [-0.25, -0.2) is 0 Å². The third kappa shape index (κ3) is 2.24. The SMILES string of the molecule is CNc1cc(N)ccc1CN1CCc2ccccc21. The van der Waals surface area contributed by atoms with Crippen LogP contribution < -0.4 is 16.0 Å². The van der Waals surface area contributed by atoms with Crippen molar-refractivity contribution in [2.75, 3.05) is 29.5 Å². The maximum absolute atomic E-state index is 5.83. The van der Waals surface area contributed by atoms with Gasteiger partial charge in [-0.2, -0.15) is 0 Å². The second kappa shape index (κ2) is 4.84. The predicted molar refractivity (Wildman–Crippen MR) is 81.6 cm³/mol. The molecule has 1 aliphatic heterocycles. The van der Waals surface area contributed by atoms with Crippen LogP contribution in [-0.4, -0.2) is 13.6 Å². The third-order valence-electron chi connectivity index (χ3n) is 3.75. The number of nitrogens with two attached hydrogens (primary N) is 1. The number of anilines is 3. The van der Waals surface area contributed by atoms with Gasteiger partial charge in [0.15, 0.2) is 0 Å². The highest BCUT2D eigenvalue weighted by Crippen LogP contribution is 2.30. The van der Waals surface area contributed by atoms with Crippen molar-refractivity contribution in [3.8, 4) is 0 Å². The highest BCUT2D eigenvalue weighted by molar-refractivity contribution is 5.63. The lowest BCUT2D eigenvalue weighted by Crippen LogP contribution is -2.20. The average Bonchev–Trinajstić information content (AvgIpc) is 2.84. The zero-order chi connectivity index (χ0) is 13.2. The number of nitrogens with zero attached hydrogens (tertiary/aromatic N) is 1. The topological polar surface area (TPSA) is 41.3 Å². The number of nitrogens with one attached hydrogen (secondary N) is 1. The van der Waals surface area contributed by atoms with Crippen LogP contribution in [0.3, 0.4) is 0 Å². The highest BCUT2D eigenvalue weighted by Gasteiger charge is 2.19. The van der Waals surface area contributed by atoms with E-state index in [1.165, 1.54) is 16.8 Å². The first-order chi connectivity index (χ1) is 9.28. The largest absolute Gasteiger partial charge is 0.399 e. The second-order valence-electron chi connectivity index (χ2n) is 4.97. The number of nitrogen functional groups attached to an aromatic ring is 1.